The first-order chi connectivity index (χ1) is 9.57. The van der Waals surface area contributed by atoms with Gasteiger partial charge >= 0.3 is 12.0 Å². The van der Waals surface area contributed by atoms with Crippen LogP contribution in [-0.2, 0) is 14.6 Å². The van der Waals surface area contributed by atoms with Gasteiger partial charge in [0.25, 0.3) is 0 Å². The number of imide groups is 1. The van der Waals surface area contributed by atoms with Crippen molar-refractivity contribution in [1.82, 2.24) is 5.32 Å². The van der Waals surface area contributed by atoms with Gasteiger partial charge in [-0.2, -0.15) is 0 Å². The fraction of sp³-hybridized carbons (Fsp3) is 0.182. The van der Waals surface area contributed by atoms with Crippen molar-refractivity contribution in [2.24, 2.45) is 5.73 Å². The van der Waals surface area contributed by atoms with Crippen molar-refractivity contribution in [1.29, 1.82) is 0 Å². The topological polar surface area (TPSA) is 144 Å². The second kappa shape index (κ2) is 6.22. The second-order valence-electron chi connectivity index (χ2n) is 3.99. The molecule has 4 N–H and O–H groups in total. The van der Waals surface area contributed by atoms with Gasteiger partial charge in [0.1, 0.15) is 5.25 Å². The number of hydrogen-bond donors (Lipinski definition) is 3. The van der Waals surface area contributed by atoms with Gasteiger partial charge in [-0.05, 0) is 41.1 Å². The summed E-state index contributed by atoms with van der Waals surface area (Å²) in [4.78, 5) is 32.7. The molecule has 10 heteroatoms. The quantitative estimate of drug-likeness (QED) is 0.695. The highest BCUT2D eigenvalue weighted by Crippen LogP contribution is 2.26. The Morgan fingerprint density at radius 1 is 1.33 bits per heavy atom. The number of aromatic carboxylic acids is 1. The Morgan fingerprint density at radius 2 is 1.90 bits per heavy atom. The molecule has 114 valence electrons. The van der Waals surface area contributed by atoms with Crippen LogP contribution in [0.3, 0.4) is 0 Å². The zero-order chi connectivity index (χ0) is 16.4. The van der Waals surface area contributed by atoms with Crippen LogP contribution in [0.4, 0.5) is 4.79 Å². The lowest BCUT2D eigenvalue weighted by atomic mass is 10.2. The summed E-state index contributed by atoms with van der Waals surface area (Å²) in [7, 11) is -4.20. The summed E-state index contributed by atoms with van der Waals surface area (Å²) in [5, 5.41) is 8.93. The van der Waals surface area contributed by atoms with Gasteiger partial charge in [0.2, 0.25) is 5.91 Å². The molecule has 0 saturated carbocycles. The highest BCUT2D eigenvalue weighted by molar-refractivity contribution is 9.10. The van der Waals surface area contributed by atoms with Crippen LogP contribution in [0.5, 0.6) is 0 Å². The molecule has 1 unspecified atom stereocenters. The molecule has 0 saturated heterocycles. The van der Waals surface area contributed by atoms with Crippen LogP contribution in [0.15, 0.2) is 27.6 Å². The molecule has 21 heavy (non-hydrogen) atoms. The monoisotopic (exact) mass is 378 g/mol. The van der Waals surface area contributed by atoms with Crippen LogP contribution in [0.1, 0.15) is 17.3 Å². The Labute approximate surface area is 128 Å². The molecule has 0 aromatic heterocycles. The van der Waals surface area contributed by atoms with E-state index in [1.165, 1.54) is 12.1 Å². The minimum absolute atomic E-state index is 0.103. The molecule has 0 aliphatic carbocycles. The number of carboxylic acids is 1. The van der Waals surface area contributed by atoms with Gasteiger partial charge in [-0.15, -0.1) is 0 Å². The average Bonchev–Trinajstić information content (AvgIpc) is 2.36. The minimum Gasteiger partial charge on any atom is -0.478 e. The molecule has 8 nitrogen and oxygen atoms in total. The van der Waals surface area contributed by atoms with E-state index in [0.717, 1.165) is 13.0 Å². The van der Waals surface area contributed by atoms with Crippen molar-refractivity contribution < 1.29 is 27.9 Å². The predicted molar refractivity (Wildman–Crippen MR) is 75.5 cm³/mol. The lowest BCUT2D eigenvalue weighted by Gasteiger charge is -2.13. The van der Waals surface area contributed by atoms with E-state index in [4.69, 9.17) is 10.8 Å². The molecular weight excluding hydrogens is 368 g/mol. The van der Waals surface area contributed by atoms with Crippen LogP contribution in [0.25, 0.3) is 0 Å². The lowest BCUT2D eigenvalue weighted by Crippen LogP contribution is -2.43. The van der Waals surface area contributed by atoms with E-state index < -0.39 is 33.0 Å². The van der Waals surface area contributed by atoms with Crippen LogP contribution in [0, 0.1) is 0 Å². The van der Waals surface area contributed by atoms with Crippen molar-refractivity contribution >= 4 is 43.7 Å². The number of nitrogens with two attached hydrogens (primary N) is 1. The van der Waals surface area contributed by atoms with Gasteiger partial charge in [0, 0.05) is 4.47 Å². The zero-order valence-corrected chi connectivity index (χ0v) is 13.1. The van der Waals surface area contributed by atoms with Crippen LogP contribution >= 0.6 is 15.9 Å². The number of hydrogen-bond acceptors (Lipinski definition) is 5. The number of nitrogens with one attached hydrogen (secondary N) is 1. The number of sulfone groups is 1. The summed E-state index contributed by atoms with van der Waals surface area (Å²) in [6, 6.07) is 2.20. The Kier molecular flexibility index (Phi) is 5.07. The van der Waals surface area contributed by atoms with Gasteiger partial charge in [-0.25, -0.2) is 18.0 Å². The third-order valence-corrected chi connectivity index (χ3v) is 5.62. The third kappa shape index (κ3) is 3.79. The summed E-state index contributed by atoms with van der Waals surface area (Å²) >= 11 is 2.99. The van der Waals surface area contributed by atoms with Gasteiger partial charge < -0.3 is 10.8 Å². The molecule has 0 heterocycles. The molecule has 0 bridgehead atoms. The number of benzene rings is 1. The molecule has 0 aliphatic rings. The maximum atomic E-state index is 12.3. The SMILES string of the molecule is CC(C(=O)NC(N)=O)S(=O)(=O)c1cc(C(=O)O)ccc1Br. The number of halogens is 1. The molecule has 0 fully saturated rings. The van der Waals surface area contributed by atoms with E-state index in [2.05, 4.69) is 15.9 Å². The molecule has 1 aromatic rings. The predicted octanol–water partition coefficient (Wildman–Crippen LogP) is 0.504. The summed E-state index contributed by atoms with van der Waals surface area (Å²) in [6.45, 7) is 1.06. The normalized spacial score (nSPS) is 12.5. The van der Waals surface area contributed by atoms with Crippen molar-refractivity contribution in [2.75, 3.05) is 0 Å². The van der Waals surface area contributed by atoms with Gasteiger partial charge in [0.05, 0.1) is 10.5 Å². The van der Waals surface area contributed by atoms with Crippen molar-refractivity contribution in [2.45, 2.75) is 17.1 Å². The standard InChI is InChI=1S/C11H11BrN2O6S/c1-5(9(15)14-11(13)18)21(19,20)8-4-6(10(16)17)2-3-7(8)12/h2-5H,1H3,(H,16,17)(H3,13,14,15,18). The molecule has 0 radical (unpaired) electrons. The van der Waals surface area contributed by atoms with E-state index in [9.17, 15) is 22.8 Å². The average molecular weight is 379 g/mol. The molecular formula is C11H11BrN2O6S. The van der Waals surface area contributed by atoms with Crippen molar-refractivity contribution in [3.63, 3.8) is 0 Å². The van der Waals surface area contributed by atoms with Crippen molar-refractivity contribution in [3.05, 3.63) is 28.2 Å². The molecule has 1 rings (SSSR count). The zero-order valence-electron chi connectivity index (χ0n) is 10.7. The first kappa shape index (κ1) is 17.1. The third-order valence-electron chi connectivity index (χ3n) is 2.57. The van der Waals surface area contributed by atoms with E-state index in [1.54, 1.807) is 5.32 Å². The number of amides is 3. The number of primary amides is 1. The van der Waals surface area contributed by atoms with Gasteiger partial charge in [0.15, 0.2) is 9.84 Å². The minimum atomic E-state index is -4.20. The van der Waals surface area contributed by atoms with E-state index in [-0.39, 0.29) is 14.9 Å². The molecule has 3 amide bonds. The first-order valence-electron chi connectivity index (χ1n) is 5.44. The number of carboxylic acid groups (broad SMARTS) is 1. The molecule has 0 aliphatic heterocycles. The summed E-state index contributed by atoms with van der Waals surface area (Å²) in [5.41, 5.74) is 4.50. The Bertz CT molecular complexity index is 715. The van der Waals surface area contributed by atoms with E-state index in [1.807, 2.05) is 0 Å². The second-order valence-corrected chi connectivity index (χ2v) is 7.08. The van der Waals surface area contributed by atoms with Crippen LogP contribution < -0.4 is 11.1 Å². The Morgan fingerprint density at radius 3 is 2.38 bits per heavy atom. The summed E-state index contributed by atoms with van der Waals surface area (Å²) in [5.74, 6) is -2.41. The number of rotatable bonds is 4. The summed E-state index contributed by atoms with van der Waals surface area (Å²) < 4.78 is 24.7. The van der Waals surface area contributed by atoms with Crippen molar-refractivity contribution in [3.8, 4) is 0 Å². The van der Waals surface area contributed by atoms with E-state index >= 15 is 0 Å². The molecule has 1 aromatic carbocycles. The molecule has 0 spiro atoms. The van der Waals surface area contributed by atoms with Gasteiger partial charge in [-0.1, -0.05) is 0 Å². The number of urea groups is 1. The fourth-order valence-corrected chi connectivity index (χ4v) is 3.69. The molecule has 1 atom stereocenters. The maximum Gasteiger partial charge on any atom is 0.335 e. The first-order valence-corrected chi connectivity index (χ1v) is 7.78. The highest BCUT2D eigenvalue weighted by atomic mass is 79.9. The lowest BCUT2D eigenvalue weighted by molar-refractivity contribution is -0.119. The number of carbonyl (C=O) groups excluding carboxylic acids is 2. The largest absolute Gasteiger partial charge is 0.478 e. The maximum absolute atomic E-state index is 12.3. The fourth-order valence-electron chi connectivity index (χ4n) is 1.41. The Hall–Kier alpha value is -1.94. The number of carbonyl (C=O) groups is 3. The Balaban J connectivity index is 3.30. The highest BCUT2D eigenvalue weighted by Gasteiger charge is 2.32. The summed E-state index contributed by atoms with van der Waals surface area (Å²) in [6.07, 6.45) is 0. The smallest absolute Gasteiger partial charge is 0.335 e. The van der Waals surface area contributed by atoms with Crippen LogP contribution in [-0.4, -0.2) is 36.7 Å². The van der Waals surface area contributed by atoms with Gasteiger partial charge in [-0.3, -0.25) is 10.1 Å². The van der Waals surface area contributed by atoms with E-state index in [0.29, 0.717) is 0 Å². The van der Waals surface area contributed by atoms with Crippen LogP contribution in [0.2, 0.25) is 0 Å².